The molecule has 0 spiro atoms. The molecule has 0 aliphatic heterocycles. The highest BCUT2D eigenvalue weighted by Crippen LogP contribution is 2.31. The molecule has 0 fully saturated rings. The van der Waals surface area contributed by atoms with E-state index in [2.05, 4.69) is 27.6 Å². The number of para-hydroxylation sites is 2. The van der Waals surface area contributed by atoms with Gasteiger partial charge in [0.2, 0.25) is 5.91 Å². The van der Waals surface area contributed by atoms with Crippen LogP contribution in [-0.4, -0.2) is 23.9 Å². The molecular formula is C25H21N3O4. The number of amides is 2. The summed E-state index contributed by atoms with van der Waals surface area (Å²) in [5.74, 6) is 3.17. The lowest BCUT2D eigenvalue weighted by Crippen LogP contribution is -2.17. The fourth-order valence-electron chi connectivity index (χ4n) is 2.79. The molecule has 0 radical (unpaired) electrons. The number of hydrogen-bond acceptors (Lipinski definition) is 5. The van der Waals surface area contributed by atoms with Gasteiger partial charge in [0.15, 0.2) is 11.5 Å². The summed E-state index contributed by atoms with van der Waals surface area (Å²) in [7, 11) is 1.52. The van der Waals surface area contributed by atoms with Gasteiger partial charge >= 0.3 is 0 Å². The smallest absolute Gasteiger partial charge is 0.258 e. The third-order valence-corrected chi connectivity index (χ3v) is 4.23. The third-order valence-electron chi connectivity index (χ3n) is 4.23. The maximum atomic E-state index is 12.6. The van der Waals surface area contributed by atoms with Gasteiger partial charge in [-0.05, 0) is 36.4 Å². The number of carbonyl (C=O) groups is 2. The maximum absolute atomic E-state index is 12.6. The van der Waals surface area contributed by atoms with Gasteiger partial charge in [0.1, 0.15) is 11.9 Å². The minimum absolute atomic E-state index is 0.309. The predicted molar refractivity (Wildman–Crippen MR) is 123 cm³/mol. The summed E-state index contributed by atoms with van der Waals surface area (Å²) in [6.45, 7) is 1.65. The number of hydrogen-bond donors (Lipinski definition) is 2. The van der Waals surface area contributed by atoms with Crippen molar-refractivity contribution >= 4 is 29.4 Å². The van der Waals surface area contributed by atoms with Crippen molar-refractivity contribution in [3.8, 4) is 23.5 Å². The summed E-state index contributed by atoms with van der Waals surface area (Å²) < 4.78 is 10.7. The first-order valence-electron chi connectivity index (χ1n) is 9.68. The molecule has 0 unspecified atom stereocenters. The van der Waals surface area contributed by atoms with E-state index in [4.69, 9.17) is 9.47 Å². The van der Waals surface area contributed by atoms with E-state index in [1.165, 1.54) is 13.2 Å². The number of nitrogens with zero attached hydrogens (tertiary/aromatic N) is 1. The van der Waals surface area contributed by atoms with E-state index in [0.29, 0.717) is 34.1 Å². The third kappa shape index (κ3) is 5.74. The molecule has 0 bridgehead atoms. The Morgan fingerprint density at radius 3 is 2.56 bits per heavy atom. The number of rotatable bonds is 7. The Balaban J connectivity index is 1.77. The van der Waals surface area contributed by atoms with Crippen molar-refractivity contribution in [1.29, 1.82) is 0 Å². The largest absolute Gasteiger partial charge is 0.493 e. The Hall–Kier alpha value is -4.57. The SMILES string of the molecule is CC#COc1c(/C=C/C(=O)Nc2ccccc2C(=O)Nc2ccccn2)cccc1OC. The van der Waals surface area contributed by atoms with Crippen LogP contribution in [0.5, 0.6) is 11.5 Å². The monoisotopic (exact) mass is 427 g/mol. The van der Waals surface area contributed by atoms with Gasteiger partial charge in [-0.3, -0.25) is 9.59 Å². The number of aromatic nitrogens is 1. The van der Waals surface area contributed by atoms with Crippen LogP contribution in [0.4, 0.5) is 11.5 Å². The van der Waals surface area contributed by atoms with E-state index in [0.717, 1.165) is 0 Å². The van der Waals surface area contributed by atoms with E-state index < -0.39 is 5.91 Å². The molecule has 1 heterocycles. The molecule has 160 valence electrons. The minimum atomic E-state index is -0.418. The van der Waals surface area contributed by atoms with Gasteiger partial charge in [-0.25, -0.2) is 4.98 Å². The quantitative estimate of drug-likeness (QED) is 0.432. The molecule has 2 amide bonds. The van der Waals surface area contributed by atoms with Crippen molar-refractivity contribution < 1.29 is 19.1 Å². The summed E-state index contributed by atoms with van der Waals surface area (Å²) >= 11 is 0. The predicted octanol–water partition coefficient (Wildman–Crippen LogP) is 4.35. The number of ether oxygens (including phenoxy) is 2. The van der Waals surface area contributed by atoms with Crippen LogP contribution in [0, 0.1) is 12.0 Å². The van der Waals surface area contributed by atoms with Crippen molar-refractivity contribution in [3.05, 3.63) is 84.1 Å². The fourth-order valence-corrected chi connectivity index (χ4v) is 2.79. The Morgan fingerprint density at radius 2 is 1.81 bits per heavy atom. The average molecular weight is 427 g/mol. The van der Waals surface area contributed by atoms with Gasteiger partial charge < -0.3 is 20.1 Å². The van der Waals surface area contributed by atoms with Crippen LogP contribution in [0.25, 0.3) is 6.08 Å². The first-order chi connectivity index (χ1) is 15.6. The van der Waals surface area contributed by atoms with Gasteiger partial charge in [0.25, 0.3) is 5.91 Å². The van der Waals surface area contributed by atoms with E-state index in [1.54, 1.807) is 79.9 Å². The van der Waals surface area contributed by atoms with Gasteiger partial charge in [0, 0.05) is 24.8 Å². The lowest BCUT2D eigenvalue weighted by Gasteiger charge is -2.10. The molecule has 2 aromatic carbocycles. The van der Waals surface area contributed by atoms with E-state index in [9.17, 15) is 9.59 Å². The van der Waals surface area contributed by atoms with Gasteiger partial charge in [-0.2, -0.15) is 0 Å². The van der Waals surface area contributed by atoms with Crippen molar-refractivity contribution in [2.45, 2.75) is 6.92 Å². The Morgan fingerprint density at radius 1 is 1.00 bits per heavy atom. The number of nitrogens with one attached hydrogen (secondary N) is 2. The molecule has 7 nitrogen and oxygen atoms in total. The standard InChI is InChI=1S/C25H21N3O4/c1-3-17-32-24-18(9-8-12-21(24)31-2)14-15-23(29)27-20-11-5-4-10-19(20)25(30)28-22-13-6-7-16-26-22/h4-16H,1-2H3,(H,27,29)(H,26,28,30)/b15-14+. The van der Waals surface area contributed by atoms with Crippen LogP contribution in [0.15, 0.2) is 72.9 Å². The second-order valence-electron chi connectivity index (χ2n) is 6.37. The Bertz CT molecular complexity index is 1190. The van der Waals surface area contributed by atoms with Gasteiger partial charge in [0.05, 0.1) is 18.4 Å². The molecule has 1 aromatic heterocycles. The molecule has 0 aliphatic carbocycles. The number of pyridine rings is 1. The topological polar surface area (TPSA) is 89.5 Å². The molecule has 7 heteroatoms. The van der Waals surface area contributed by atoms with E-state index in [-0.39, 0.29) is 5.91 Å². The first-order valence-corrected chi connectivity index (χ1v) is 9.68. The molecule has 0 atom stereocenters. The molecule has 3 rings (SSSR count). The Kier molecular flexibility index (Phi) is 7.60. The lowest BCUT2D eigenvalue weighted by molar-refractivity contribution is -0.111. The van der Waals surface area contributed by atoms with Gasteiger partial charge in [-0.15, -0.1) is 0 Å². The van der Waals surface area contributed by atoms with Crippen LogP contribution in [0.1, 0.15) is 22.8 Å². The molecule has 0 saturated carbocycles. The summed E-state index contributed by atoms with van der Waals surface area (Å²) in [4.78, 5) is 29.3. The summed E-state index contributed by atoms with van der Waals surface area (Å²) in [6, 6.07) is 17.2. The van der Waals surface area contributed by atoms with Crippen molar-refractivity contribution in [3.63, 3.8) is 0 Å². The van der Waals surface area contributed by atoms with E-state index in [1.807, 2.05) is 0 Å². The number of benzene rings is 2. The molecule has 3 aromatic rings. The van der Waals surface area contributed by atoms with Crippen LogP contribution in [0.3, 0.4) is 0 Å². The normalized spacial score (nSPS) is 10.1. The lowest BCUT2D eigenvalue weighted by atomic mass is 10.1. The van der Waals surface area contributed by atoms with Crippen molar-refractivity contribution in [2.24, 2.45) is 0 Å². The van der Waals surface area contributed by atoms with Crippen molar-refractivity contribution in [2.75, 3.05) is 17.7 Å². The average Bonchev–Trinajstić information content (AvgIpc) is 2.82. The Labute approximate surface area is 186 Å². The molecular weight excluding hydrogens is 406 g/mol. The zero-order valence-electron chi connectivity index (χ0n) is 17.6. The van der Waals surface area contributed by atoms with Crippen molar-refractivity contribution in [1.82, 2.24) is 4.98 Å². The molecule has 0 aliphatic rings. The number of anilines is 2. The second kappa shape index (κ2) is 11.0. The summed E-state index contributed by atoms with van der Waals surface area (Å²) in [5.41, 5.74) is 1.29. The van der Waals surface area contributed by atoms with E-state index >= 15 is 0 Å². The number of carbonyl (C=O) groups excluding carboxylic acids is 2. The van der Waals surface area contributed by atoms with Crippen LogP contribution >= 0.6 is 0 Å². The van der Waals surface area contributed by atoms with Crippen LogP contribution < -0.4 is 20.1 Å². The fraction of sp³-hybridized carbons (Fsp3) is 0.0800. The van der Waals surface area contributed by atoms with Crippen LogP contribution in [0.2, 0.25) is 0 Å². The maximum Gasteiger partial charge on any atom is 0.258 e. The zero-order valence-corrected chi connectivity index (χ0v) is 17.6. The summed E-state index contributed by atoms with van der Waals surface area (Å²) in [6.07, 6.45) is 7.04. The highest BCUT2D eigenvalue weighted by molar-refractivity contribution is 6.11. The van der Waals surface area contributed by atoms with Gasteiger partial charge in [-0.1, -0.05) is 36.3 Å². The molecule has 32 heavy (non-hydrogen) atoms. The minimum Gasteiger partial charge on any atom is -0.493 e. The highest BCUT2D eigenvalue weighted by Gasteiger charge is 2.13. The number of methoxy groups -OCH3 is 1. The molecule has 0 saturated heterocycles. The molecule has 2 N–H and O–H groups in total. The van der Waals surface area contributed by atoms with Crippen LogP contribution in [-0.2, 0) is 4.79 Å². The second-order valence-corrected chi connectivity index (χ2v) is 6.37. The summed E-state index contributed by atoms with van der Waals surface area (Å²) in [5, 5.41) is 5.44. The highest BCUT2D eigenvalue weighted by atomic mass is 16.5. The zero-order chi connectivity index (χ0) is 22.8. The first kappa shape index (κ1) is 22.1.